The van der Waals surface area contributed by atoms with Crippen molar-refractivity contribution in [2.24, 2.45) is 24.0 Å². The van der Waals surface area contributed by atoms with Crippen LogP contribution in [0.2, 0.25) is 5.15 Å². The number of aryl methyl sites for hydroxylation is 1. The lowest BCUT2D eigenvalue weighted by atomic mass is 9.81. The molecule has 36 heavy (non-hydrogen) atoms. The fourth-order valence-corrected chi connectivity index (χ4v) is 5.06. The molecule has 2 fully saturated rings. The highest BCUT2D eigenvalue weighted by Crippen LogP contribution is 2.32. The molecule has 5 rings (SSSR count). The largest absolute Gasteiger partial charge is 0.395 e. The molecule has 0 bridgehead atoms. The predicted octanol–water partition coefficient (Wildman–Crippen LogP) is 4.50. The third-order valence-corrected chi connectivity index (χ3v) is 7.24. The van der Waals surface area contributed by atoms with Crippen LogP contribution in [0.3, 0.4) is 0 Å². The topological polar surface area (TPSA) is 102 Å². The second kappa shape index (κ2) is 10.7. The van der Waals surface area contributed by atoms with E-state index in [2.05, 4.69) is 33.7 Å². The zero-order valence-electron chi connectivity index (χ0n) is 20.1. The lowest BCUT2D eigenvalue weighted by Crippen LogP contribution is -2.32. The number of nitrogens with one attached hydrogen (secondary N) is 1. The van der Waals surface area contributed by atoms with Crippen LogP contribution < -0.4 is 10.9 Å². The Morgan fingerprint density at radius 2 is 1.97 bits per heavy atom. The van der Waals surface area contributed by atoms with Gasteiger partial charge in [0.05, 0.1) is 30.1 Å². The zero-order chi connectivity index (χ0) is 25.1. The highest BCUT2D eigenvalue weighted by molar-refractivity contribution is 6.29. The predicted molar refractivity (Wildman–Crippen MR) is 139 cm³/mol. The van der Waals surface area contributed by atoms with Gasteiger partial charge in [0, 0.05) is 24.9 Å². The van der Waals surface area contributed by atoms with Gasteiger partial charge in [0.2, 0.25) is 0 Å². The average Bonchev–Trinajstić information content (AvgIpc) is 2.87. The van der Waals surface area contributed by atoms with E-state index in [0.29, 0.717) is 34.4 Å². The Labute approximate surface area is 214 Å². The molecule has 0 spiro atoms. The average molecular weight is 506 g/mol. The Morgan fingerprint density at radius 3 is 2.64 bits per heavy atom. The third kappa shape index (κ3) is 4.95. The summed E-state index contributed by atoms with van der Waals surface area (Å²) in [6.07, 6.45) is 3.52. The van der Waals surface area contributed by atoms with Crippen LogP contribution in [0.25, 0.3) is 11.0 Å². The van der Waals surface area contributed by atoms with Crippen molar-refractivity contribution in [2.75, 3.05) is 25.1 Å². The van der Waals surface area contributed by atoms with E-state index in [4.69, 9.17) is 21.2 Å². The molecule has 1 aliphatic carbocycles. The number of fused-ring (bicyclic) bond motifs is 1. The van der Waals surface area contributed by atoms with Crippen LogP contribution in [-0.4, -0.2) is 41.1 Å². The molecule has 3 aromatic rings. The SMILES string of the molecule is Cn1c(=O)c(C#N)c(N[C@H]2CC[C@H](/C(=N/OCC3COC3)c3ccccc3)CC2)c2nc(Cl)ccc21. The van der Waals surface area contributed by atoms with E-state index in [1.165, 1.54) is 4.57 Å². The molecule has 0 radical (unpaired) electrons. The van der Waals surface area contributed by atoms with Crippen molar-refractivity contribution in [1.29, 1.82) is 5.26 Å². The molecule has 3 heterocycles. The molecule has 186 valence electrons. The van der Waals surface area contributed by atoms with Crippen molar-refractivity contribution in [3.05, 3.63) is 69.1 Å². The number of anilines is 1. The summed E-state index contributed by atoms with van der Waals surface area (Å²) in [6.45, 7) is 2.03. The third-order valence-electron chi connectivity index (χ3n) is 7.03. The van der Waals surface area contributed by atoms with E-state index in [0.717, 1.165) is 50.2 Å². The van der Waals surface area contributed by atoms with E-state index in [9.17, 15) is 10.1 Å². The minimum atomic E-state index is -0.349. The van der Waals surface area contributed by atoms with Gasteiger partial charge in [-0.15, -0.1) is 0 Å². The summed E-state index contributed by atoms with van der Waals surface area (Å²) >= 11 is 6.17. The van der Waals surface area contributed by atoms with E-state index in [-0.39, 0.29) is 23.1 Å². The number of oxime groups is 1. The molecule has 0 atom stereocenters. The number of nitriles is 1. The molecule has 1 saturated heterocycles. The van der Waals surface area contributed by atoms with Gasteiger partial charge < -0.3 is 19.5 Å². The number of benzene rings is 1. The van der Waals surface area contributed by atoms with Gasteiger partial charge in [-0.2, -0.15) is 5.26 Å². The molecule has 1 aromatic carbocycles. The maximum atomic E-state index is 12.8. The van der Waals surface area contributed by atoms with Gasteiger partial charge in [-0.05, 0) is 43.4 Å². The molecule has 1 N–H and O–H groups in total. The number of nitrogens with zero attached hydrogens (tertiary/aromatic N) is 4. The van der Waals surface area contributed by atoms with Crippen molar-refractivity contribution in [2.45, 2.75) is 31.7 Å². The van der Waals surface area contributed by atoms with Gasteiger partial charge in [0.15, 0.2) is 0 Å². The monoisotopic (exact) mass is 505 g/mol. The first-order valence-electron chi connectivity index (χ1n) is 12.2. The van der Waals surface area contributed by atoms with Gasteiger partial charge in [-0.25, -0.2) is 4.98 Å². The lowest BCUT2D eigenvalue weighted by molar-refractivity contribution is -0.0711. The minimum Gasteiger partial charge on any atom is -0.395 e. The van der Waals surface area contributed by atoms with Crippen molar-refractivity contribution in [3.8, 4) is 6.07 Å². The smallest absolute Gasteiger partial charge is 0.270 e. The molecular weight excluding hydrogens is 478 g/mol. The highest BCUT2D eigenvalue weighted by Gasteiger charge is 2.28. The Morgan fingerprint density at radius 1 is 1.22 bits per heavy atom. The second-order valence-corrected chi connectivity index (χ2v) is 9.85. The van der Waals surface area contributed by atoms with Gasteiger partial charge in [-0.3, -0.25) is 4.79 Å². The molecule has 1 aliphatic heterocycles. The highest BCUT2D eigenvalue weighted by atomic mass is 35.5. The molecule has 0 amide bonds. The van der Waals surface area contributed by atoms with E-state index in [1.807, 2.05) is 18.2 Å². The van der Waals surface area contributed by atoms with Crippen LogP contribution in [0.1, 0.15) is 36.8 Å². The van der Waals surface area contributed by atoms with Gasteiger partial charge in [0.1, 0.15) is 28.9 Å². The van der Waals surface area contributed by atoms with E-state index in [1.54, 1.807) is 19.2 Å². The number of halogens is 1. The maximum Gasteiger partial charge on any atom is 0.270 e. The minimum absolute atomic E-state index is 0.0572. The van der Waals surface area contributed by atoms with Crippen molar-refractivity contribution < 1.29 is 9.57 Å². The fourth-order valence-electron chi connectivity index (χ4n) is 4.91. The summed E-state index contributed by atoms with van der Waals surface area (Å²) in [5, 5.41) is 18.1. The maximum absolute atomic E-state index is 12.8. The lowest BCUT2D eigenvalue weighted by Gasteiger charge is -2.31. The van der Waals surface area contributed by atoms with Crippen molar-refractivity contribution in [3.63, 3.8) is 0 Å². The zero-order valence-corrected chi connectivity index (χ0v) is 20.9. The molecule has 2 aliphatic rings. The van der Waals surface area contributed by atoms with Crippen LogP contribution >= 0.6 is 11.6 Å². The van der Waals surface area contributed by atoms with Crippen LogP contribution in [0, 0.1) is 23.2 Å². The summed E-state index contributed by atoms with van der Waals surface area (Å²) in [5.41, 5.74) is 3.38. The number of ether oxygens (including phenoxy) is 1. The van der Waals surface area contributed by atoms with Gasteiger partial charge in [0.25, 0.3) is 5.56 Å². The molecule has 9 heteroatoms. The number of hydrogen-bond acceptors (Lipinski definition) is 7. The van der Waals surface area contributed by atoms with Crippen LogP contribution in [0.4, 0.5) is 5.69 Å². The van der Waals surface area contributed by atoms with Crippen LogP contribution in [-0.2, 0) is 16.6 Å². The van der Waals surface area contributed by atoms with Crippen molar-refractivity contribution >= 4 is 34.0 Å². The van der Waals surface area contributed by atoms with Crippen LogP contribution in [0.15, 0.2) is 52.4 Å². The molecule has 0 unspecified atom stereocenters. The van der Waals surface area contributed by atoms with E-state index >= 15 is 0 Å². The van der Waals surface area contributed by atoms with Crippen LogP contribution in [0.5, 0.6) is 0 Å². The molecule has 8 nitrogen and oxygen atoms in total. The fraction of sp³-hybridized carbons (Fsp3) is 0.407. The standard InChI is InChI=1S/C27H28ClN5O3/c1-33-22-11-12-23(28)31-26(22)25(21(13-29)27(33)34)30-20-9-7-19(8-10-20)24(18-5-3-2-4-6-18)32-36-16-17-14-35-15-17/h2-6,11-12,17,19-20,30H,7-10,14-16H2,1H3/b32-24+/t19-,20-. The first kappa shape index (κ1) is 24.3. The quantitative estimate of drug-likeness (QED) is 0.288. The number of pyridine rings is 2. The summed E-state index contributed by atoms with van der Waals surface area (Å²) in [7, 11) is 1.64. The summed E-state index contributed by atoms with van der Waals surface area (Å²) in [5.74, 6) is 0.669. The van der Waals surface area contributed by atoms with Crippen molar-refractivity contribution in [1.82, 2.24) is 9.55 Å². The Kier molecular flexibility index (Phi) is 7.21. The summed E-state index contributed by atoms with van der Waals surface area (Å²) in [6, 6.07) is 15.7. The van der Waals surface area contributed by atoms with Gasteiger partial charge >= 0.3 is 0 Å². The molecular formula is C27H28ClN5O3. The number of aromatic nitrogens is 2. The molecule has 1 saturated carbocycles. The first-order valence-corrected chi connectivity index (χ1v) is 12.6. The summed E-state index contributed by atoms with van der Waals surface area (Å²) in [4.78, 5) is 23.0. The Balaban J connectivity index is 1.35. The van der Waals surface area contributed by atoms with Gasteiger partial charge in [-0.1, -0.05) is 47.1 Å². The summed E-state index contributed by atoms with van der Waals surface area (Å²) < 4.78 is 6.67. The number of hydrogen-bond donors (Lipinski definition) is 1. The first-order chi connectivity index (χ1) is 17.5. The Hall–Kier alpha value is -3.41. The molecule has 2 aromatic heterocycles. The Bertz CT molecular complexity index is 1370. The van der Waals surface area contributed by atoms with E-state index < -0.39 is 0 Å². The normalized spacial score (nSPS) is 20.5. The number of rotatable bonds is 7. The second-order valence-electron chi connectivity index (χ2n) is 9.46.